The molecule has 0 radical (unpaired) electrons. The summed E-state index contributed by atoms with van der Waals surface area (Å²) in [7, 11) is 2.00. The van der Waals surface area contributed by atoms with Gasteiger partial charge in [0.1, 0.15) is 11.9 Å². The number of Topliss-reactive ketones (excluding diaryl/α,β-unsaturated/α-hetero) is 1. The highest BCUT2D eigenvalue weighted by molar-refractivity contribution is 5.87. The summed E-state index contributed by atoms with van der Waals surface area (Å²) in [6, 6.07) is 3.35. The van der Waals surface area contributed by atoms with Crippen LogP contribution in [-0.4, -0.2) is 69.4 Å². The lowest BCUT2D eigenvalue weighted by Crippen LogP contribution is -2.74. The minimum atomic E-state index is -1.42. The van der Waals surface area contributed by atoms with Crippen molar-refractivity contribution in [2.24, 2.45) is 5.92 Å². The van der Waals surface area contributed by atoms with Gasteiger partial charge in [0.05, 0.1) is 17.4 Å². The van der Waals surface area contributed by atoms with E-state index in [1.54, 1.807) is 12.1 Å². The zero-order valence-corrected chi connectivity index (χ0v) is 19.2. The van der Waals surface area contributed by atoms with Gasteiger partial charge in [-0.1, -0.05) is 19.9 Å². The Labute approximate surface area is 192 Å². The van der Waals surface area contributed by atoms with Crippen LogP contribution in [0.25, 0.3) is 0 Å². The molecule has 1 aromatic carbocycles. The molecule has 178 valence electrons. The molecular formula is C25H31NO7. The monoisotopic (exact) mass is 457 g/mol. The van der Waals surface area contributed by atoms with E-state index in [0.29, 0.717) is 18.6 Å². The number of piperidine rings is 1. The first-order valence-corrected chi connectivity index (χ1v) is 11.6. The van der Waals surface area contributed by atoms with E-state index >= 15 is 0 Å². The Bertz CT molecular complexity index is 1050. The number of rotatable bonds is 6. The van der Waals surface area contributed by atoms with Crippen LogP contribution in [0.2, 0.25) is 0 Å². The quantitative estimate of drug-likeness (QED) is 0.552. The molecule has 0 saturated carbocycles. The van der Waals surface area contributed by atoms with Crippen molar-refractivity contribution in [3.63, 3.8) is 0 Å². The molecule has 8 heteroatoms. The number of phenols is 1. The van der Waals surface area contributed by atoms with E-state index in [-0.39, 0.29) is 36.3 Å². The van der Waals surface area contributed by atoms with E-state index in [1.165, 1.54) is 0 Å². The number of carbonyl (C=O) groups is 2. The second-order valence-electron chi connectivity index (χ2n) is 10.4. The number of carbonyl (C=O) groups excluding carboxylic acids is 2. The number of ether oxygens (including phenoxy) is 2. The van der Waals surface area contributed by atoms with Crippen LogP contribution in [0.4, 0.5) is 0 Å². The van der Waals surface area contributed by atoms with Crippen LogP contribution in [0.1, 0.15) is 50.7 Å². The van der Waals surface area contributed by atoms with Crippen molar-refractivity contribution in [1.82, 2.24) is 4.90 Å². The number of likely N-dealkylation sites (N-methyl/N-ethyl adjacent to an activating group) is 1. The number of aliphatic hydroxyl groups excluding tert-OH is 1. The number of hydrogen-bond acceptors (Lipinski definition) is 8. The fourth-order valence-corrected chi connectivity index (χ4v) is 6.42. The Kier molecular flexibility index (Phi) is 5.12. The van der Waals surface area contributed by atoms with E-state index in [0.717, 1.165) is 17.7 Å². The van der Waals surface area contributed by atoms with Gasteiger partial charge in [-0.3, -0.25) is 9.59 Å². The van der Waals surface area contributed by atoms with Gasteiger partial charge in [-0.2, -0.15) is 0 Å². The number of phenolic OH excluding ortho intramolecular Hbond substituents is 1. The third-order valence-corrected chi connectivity index (χ3v) is 7.93. The third-order valence-electron chi connectivity index (χ3n) is 7.93. The molecule has 4 aliphatic rings. The van der Waals surface area contributed by atoms with E-state index < -0.39 is 41.4 Å². The molecule has 0 amide bonds. The van der Waals surface area contributed by atoms with Gasteiger partial charge >= 0.3 is 5.97 Å². The van der Waals surface area contributed by atoms with Crippen molar-refractivity contribution < 1.29 is 34.4 Å². The maximum Gasteiger partial charge on any atom is 0.314 e. The number of aliphatic hydroxyl groups is 2. The van der Waals surface area contributed by atoms with Gasteiger partial charge < -0.3 is 29.7 Å². The Hall–Kier alpha value is -2.42. The Morgan fingerprint density at radius 1 is 1.30 bits per heavy atom. The lowest BCUT2D eigenvalue weighted by atomic mass is 9.50. The zero-order valence-electron chi connectivity index (χ0n) is 19.2. The van der Waals surface area contributed by atoms with Crippen molar-refractivity contribution in [1.29, 1.82) is 0 Å². The molecule has 2 aliphatic heterocycles. The number of nitrogens with zero attached hydrogens (tertiary/aromatic N) is 1. The normalized spacial score (nSPS) is 32.6. The van der Waals surface area contributed by atoms with E-state index in [1.807, 2.05) is 27.0 Å². The molecule has 33 heavy (non-hydrogen) atoms. The molecule has 1 fully saturated rings. The van der Waals surface area contributed by atoms with Gasteiger partial charge in [0.15, 0.2) is 23.4 Å². The minimum Gasteiger partial charge on any atom is -0.504 e. The smallest absolute Gasteiger partial charge is 0.314 e. The summed E-state index contributed by atoms with van der Waals surface area (Å²) in [5.41, 5.74) is -0.149. The number of likely N-dealkylation sites (tertiary alicyclic amines) is 1. The van der Waals surface area contributed by atoms with Gasteiger partial charge in [0.25, 0.3) is 0 Å². The first-order valence-electron chi connectivity index (χ1n) is 11.6. The van der Waals surface area contributed by atoms with Crippen molar-refractivity contribution in [2.75, 3.05) is 13.6 Å². The van der Waals surface area contributed by atoms with Crippen LogP contribution in [0.5, 0.6) is 11.5 Å². The van der Waals surface area contributed by atoms with Crippen LogP contribution in [0.3, 0.4) is 0 Å². The van der Waals surface area contributed by atoms with Crippen LogP contribution in [-0.2, 0) is 26.2 Å². The highest BCUT2D eigenvalue weighted by Crippen LogP contribution is 2.65. The number of aromatic hydroxyl groups is 1. The van der Waals surface area contributed by atoms with Crippen molar-refractivity contribution >= 4 is 11.8 Å². The predicted molar refractivity (Wildman–Crippen MR) is 118 cm³/mol. The van der Waals surface area contributed by atoms with E-state index in [9.17, 15) is 24.9 Å². The fraction of sp³-hybridized carbons (Fsp3) is 0.600. The average molecular weight is 458 g/mol. The molecule has 5 atom stereocenters. The summed E-state index contributed by atoms with van der Waals surface area (Å²) in [5, 5.41) is 32.8. The van der Waals surface area contributed by atoms with Crippen molar-refractivity contribution in [3.05, 3.63) is 35.1 Å². The molecule has 1 spiro atoms. The van der Waals surface area contributed by atoms with E-state index in [4.69, 9.17) is 9.47 Å². The Balaban J connectivity index is 1.47. The number of hydrogen-bond donors (Lipinski definition) is 3. The minimum absolute atomic E-state index is 0.00219. The molecule has 1 aromatic rings. The maximum atomic E-state index is 12.7. The number of ketones is 1. The second-order valence-corrected chi connectivity index (χ2v) is 10.4. The van der Waals surface area contributed by atoms with Crippen LogP contribution >= 0.6 is 0 Å². The molecule has 3 N–H and O–H groups in total. The first kappa shape index (κ1) is 22.4. The van der Waals surface area contributed by atoms with Crippen LogP contribution in [0.15, 0.2) is 24.0 Å². The van der Waals surface area contributed by atoms with Gasteiger partial charge in [-0.15, -0.1) is 0 Å². The summed E-state index contributed by atoms with van der Waals surface area (Å²) in [6.45, 7) is 4.47. The third kappa shape index (κ3) is 3.07. The van der Waals surface area contributed by atoms with Crippen molar-refractivity contribution in [3.8, 4) is 11.5 Å². The molecule has 0 aromatic heterocycles. The summed E-state index contributed by atoms with van der Waals surface area (Å²) in [5.74, 6) is -0.432. The molecule has 5 rings (SSSR count). The molecule has 1 saturated heterocycles. The number of esters is 1. The average Bonchev–Trinajstić information content (AvgIpc) is 3.10. The standard InChI is InChI=1S/C25H31NO7/c1-13(2)10-16(28)17(29)12-20(30)32-18-6-7-25(31)19-11-14-4-5-15(27)22-21(14)24(25,23(18)33-22)8-9-26(19)3/h4-6,13,17,19,23,27,29,31H,7-12H2,1-3H3/t17-,19+,23?,24?,25+/m0/s1. The second kappa shape index (κ2) is 7.55. The lowest BCUT2D eigenvalue weighted by molar-refractivity contribution is -0.170. The largest absolute Gasteiger partial charge is 0.504 e. The summed E-state index contributed by atoms with van der Waals surface area (Å²) in [6.07, 6.45) is 0.723. The molecule has 2 bridgehead atoms. The topological polar surface area (TPSA) is 117 Å². The zero-order chi connectivity index (χ0) is 23.7. The SMILES string of the molecule is CC(C)CC(=O)[C@@H](O)CC(=O)OC1=CC[C@@]2(O)[C@H]3Cc4ccc(O)c5c4C2(CCN3C)C1O5. The maximum absolute atomic E-state index is 12.7. The number of benzene rings is 1. The van der Waals surface area contributed by atoms with Crippen LogP contribution < -0.4 is 4.74 Å². The van der Waals surface area contributed by atoms with E-state index in [2.05, 4.69) is 4.90 Å². The van der Waals surface area contributed by atoms with Gasteiger partial charge in [-0.25, -0.2) is 0 Å². The highest BCUT2D eigenvalue weighted by Gasteiger charge is 2.72. The molecule has 2 heterocycles. The summed E-state index contributed by atoms with van der Waals surface area (Å²) in [4.78, 5) is 26.9. The predicted octanol–water partition coefficient (Wildman–Crippen LogP) is 1.58. The molecule has 2 unspecified atom stereocenters. The van der Waals surface area contributed by atoms with Crippen molar-refractivity contribution in [2.45, 2.75) is 75.2 Å². The fourth-order valence-electron chi connectivity index (χ4n) is 6.42. The van der Waals surface area contributed by atoms with Crippen LogP contribution in [0, 0.1) is 5.92 Å². The van der Waals surface area contributed by atoms with Gasteiger partial charge in [-0.05, 0) is 50.1 Å². The molecular weight excluding hydrogens is 426 g/mol. The highest BCUT2D eigenvalue weighted by atomic mass is 16.6. The molecule has 2 aliphatic carbocycles. The Morgan fingerprint density at radius 3 is 2.79 bits per heavy atom. The van der Waals surface area contributed by atoms with Gasteiger partial charge in [0, 0.05) is 24.4 Å². The first-order chi connectivity index (χ1) is 15.6. The molecule has 8 nitrogen and oxygen atoms in total. The van der Waals surface area contributed by atoms with Gasteiger partial charge in [0.2, 0.25) is 0 Å². The Morgan fingerprint density at radius 2 is 2.06 bits per heavy atom. The summed E-state index contributed by atoms with van der Waals surface area (Å²) >= 11 is 0. The summed E-state index contributed by atoms with van der Waals surface area (Å²) < 4.78 is 11.9. The lowest BCUT2D eigenvalue weighted by Gasteiger charge is -2.61.